The highest BCUT2D eigenvalue weighted by Crippen LogP contribution is 2.32. The van der Waals surface area contributed by atoms with Crippen LogP contribution in [0, 0.1) is 0 Å². The van der Waals surface area contributed by atoms with Gasteiger partial charge in [-0.3, -0.25) is 4.79 Å². The van der Waals surface area contributed by atoms with Crippen LogP contribution in [0.5, 0.6) is 0 Å². The molecule has 0 spiro atoms. The van der Waals surface area contributed by atoms with Gasteiger partial charge in [0.1, 0.15) is 0 Å². The average Bonchev–Trinajstić information content (AvgIpc) is 3.50. The van der Waals surface area contributed by atoms with Gasteiger partial charge in [-0.05, 0) is 44.2 Å². The van der Waals surface area contributed by atoms with Crippen LogP contribution in [0.3, 0.4) is 0 Å². The fraction of sp³-hybridized carbons (Fsp3) is 0.185. The van der Waals surface area contributed by atoms with E-state index in [4.69, 9.17) is 4.98 Å². The second kappa shape index (κ2) is 9.53. The molecule has 0 saturated carbocycles. The maximum atomic E-state index is 12.1. The summed E-state index contributed by atoms with van der Waals surface area (Å²) in [7, 11) is 2.02. The van der Waals surface area contributed by atoms with Gasteiger partial charge in [0.05, 0.1) is 17.6 Å². The minimum atomic E-state index is -0.268. The van der Waals surface area contributed by atoms with Gasteiger partial charge in [-0.1, -0.05) is 24.8 Å². The van der Waals surface area contributed by atoms with Crippen molar-refractivity contribution in [3.8, 4) is 11.4 Å². The number of aromatic nitrogens is 5. The molecule has 0 atom stereocenters. The summed E-state index contributed by atoms with van der Waals surface area (Å²) in [6.07, 6.45) is 5.03. The molecule has 2 aromatic carbocycles. The monoisotopic (exact) mass is 480 g/mol. The molecule has 182 valence electrons. The number of nitrogens with zero attached hydrogens (tertiary/aromatic N) is 6. The third kappa shape index (κ3) is 4.15. The first-order valence-electron chi connectivity index (χ1n) is 11.9. The Labute approximate surface area is 209 Å². The summed E-state index contributed by atoms with van der Waals surface area (Å²) in [5.41, 5.74) is 5.12. The molecule has 0 aliphatic heterocycles. The summed E-state index contributed by atoms with van der Waals surface area (Å²) >= 11 is 0. The van der Waals surface area contributed by atoms with E-state index >= 15 is 0 Å². The number of amides is 1. The minimum absolute atomic E-state index is 0.268. The fourth-order valence-corrected chi connectivity index (χ4v) is 4.44. The van der Waals surface area contributed by atoms with E-state index in [1.165, 1.54) is 6.08 Å². The lowest BCUT2D eigenvalue weighted by Crippen LogP contribution is -2.23. The minimum Gasteiger partial charge on any atom is -0.370 e. The molecule has 3 aromatic heterocycles. The number of aryl methyl sites for hydroxylation is 1. The predicted molar refractivity (Wildman–Crippen MR) is 145 cm³/mol. The topological polar surface area (TPSA) is 92.4 Å². The Morgan fingerprint density at radius 3 is 2.69 bits per heavy atom. The molecule has 5 rings (SSSR count). The van der Waals surface area contributed by atoms with Gasteiger partial charge in [-0.15, -0.1) is 0 Å². The molecule has 0 bridgehead atoms. The van der Waals surface area contributed by atoms with E-state index < -0.39 is 0 Å². The van der Waals surface area contributed by atoms with Crippen LogP contribution in [0.15, 0.2) is 73.6 Å². The third-order valence-corrected chi connectivity index (χ3v) is 6.19. The van der Waals surface area contributed by atoms with Gasteiger partial charge in [0.2, 0.25) is 11.9 Å². The van der Waals surface area contributed by atoms with Crippen molar-refractivity contribution in [2.75, 3.05) is 28.6 Å². The zero-order valence-electron chi connectivity index (χ0n) is 20.6. The van der Waals surface area contributed by atoms with Crippen LogP contribution in [-0.2, 0) is 11.8 Å². The van der Waals surface area contributed by atoms with Crippen molar-refractivity contribution in [2.45, 2.75) is 13.8 Å². The average molecular weight is 481 g/mol. The molecule has 0 radical (unpaired) electrons. The number of fused-ring (bicyclic) bond motifs is 2. The Bertz CT molecular complexity index is 1580. The summed E-state index contributed by atoms with van der Waals surface area (Å²) in [6.45, 7) is 9.37. The number of para-hydroxylation sites is 1. The molecule has 36 heavy (non-hydrogen) atoms. The van der Waals surface area contributed by atoms with Crippen LogP contribution >= 0.6 is 0 Å². The highest BCUT2D eigenvalue weighted by atomic mass is 16.1. The summed E-state index contributed by atoms with van der Waals surface area (Å²) in [5.74, 6) is 0.850. The van der Waals surface area contributed by atoms with E-state index in [0.29, 0.717) is 23.1 Å². The zero-order valence-corrected chi connectivity index (χ0v) is 20.6. The molecular weight excluding hydrogens is 452 g/mol. The Kier molecular flexibility index (Phi) is 6.12. The van der Waals surface area contributed by atoms with E-state index in [2.05, 4.69) is 68.9 Å². The van der Waals surface area contributed by atoms with Gasteiger partial charge in [0, 0.05) is 54.6 Å². The van der Waals surface area contributed by atoms with E-state index in [1.54, 1.807) is 10.7 Å². The van der Waals surface area contributed by atoms with Gasteiger partial charge in [0.25, 0.3) is 0 Å². The number of carbonyl (C=O) groups excluding carboxylic acids is 1. The number of nitrogens with one attached hydrogen (secondary N) is 2. The molecule has 0 aliphatic rings. The standard InChI is InChI=1S/C27H28N8O/c1-5-25(36)30-21-16-18(12-13-23(21)34(6-2)7-3)29-27-31-24-14-15-28-35(24)26(32-27)20-17-33(4)22-11-9-8-10-19(20)22/h5,8-17H,1,6-7H2,2-4H3,(H,29,31)(H,30,36). The number of benzene rings is 2. The maximum absolute atomic E-state index is 12.1. The lowest BCUT2D eigenvalue weighted by Gasteiger charge is -2.24. The van der Waals surface area contributed by atoms with Gasteiger partial charge < -0.3 is 20.1 Å². The number of hydrogen-bond donors (Lipinski definition) is 2. The predicted octanol–water partition coefficient (Wildman–Crippen LogP) is 5.00. The Hall–Kier alpha value is -4.66. The quantitative estimate of drug-likeness (QED) is 0.304. The Balaban J connectivity index is 1.58. The van der Waals surface area contributed by atoms with E-state index in [1.807, 2.05) is 43.4 Å². The summed E-state index contributed by atoms with van der Waals surface area (Å²) in [5, 5.41) is 11.8. The van der Waals surface area contributed by atoms with E-state index in [0.717, 1.165) is 40.9 Å². The number of hydrogen-bond acceptors (Lipinski definition) is 6. The lowest BCUT2D eigenvalue weighted by atomic mass is 10.1. The van der Waals surface area contributed by atoms with Gasteiger partial charge in [-0.2, -0.15) is 19.6 Å². The van der Waals surface area contributed by atoms with Crippen LogP contribution in [0.4, 0.5) is 23.0 Å². The van der Waals surface area contributed by atoms with E-state index in [9.17, 15) is 4.79 Å². The third-order valence-electron chi connectivity index (χ3n) is 6.19. The van der Waals surface area contributed by atoms with Gasteiger partial charge >= 0.3 is 0 Å². The largest absolute Gasteiger partial charge is 0.370 e. The molecule has 5 aromatic rings. The number of carbonyl (C=O) groups is 1. The molecule has 3 heterocycles. The first-order chi connectivity index (χ1) is 17.5. The van der Waals surface area contributed by atoms with Crippen LogP contribution in [0.2, 0.25) is 0 Å². The van der Waals surface area contributed by atoms with Crippen molar-refractivity contribution in [1.29, 1.82) is 0 Å². The normalized spacial score (nSPS) is 11.1. The first-order valence-corrected chi connectivity index (χ1v) is 11.9. The number of anilines is 4. The van der Waals surface area contributed by atoms with Crippen molar-refractivity contribution in [1.82, 2.24) is 24.1 Å². The first kappa shape index (κ1) is 23.1. The van der Waals surface area contributed by atoms with Crippen LogP contribution in [0.25, 0.3) is 27.9 Å². The zero-order chi connectivity index (χ0) is 25.2. The molecule has 0 fully saturated rings. The smallest absolute Gasteiger partial charge is 0.247 e. The van der Waals surface area contributed by atoms with Crippen molar-refractivity contribution < 1.29 is 4.79 Å². The molecule has 0 saturated heterocycles. The molecule has 9 nitrogen and oxygen atoms in total. The summed E-state index contributed by atoms with van der Waals surface area (Å²) in [4.78, 5) is 23.8. The Morgan fingerprint density at radius 2 is 1.92 bits per heavy atom. The fourth-order valence-electron chi connectivity index (χ4n) is 4.44. The summed E-state index contributed by atoms with van der Waals surface area (Å²) in [6, 6.07) is 15.9. The molecule has 2 N–H and O–H groups in total. The lowest BCUT2D eigenvalue weighted by molar-refractivity contribution is -0.111. The van der Waals surface area contributed by atoms with E-state index in [-0.39, 0.29) is 5.91 Å². The van der Waals surface area contributed by atoms with Crippen molar-refractivity contribution in [3.05, 3.63) is 73.6 Å². The SMILES string of the molecule is C=CC(=O)Nc1cc(Nc2nc(-c3cn(C)c4ccccc34)n3nccc3n2)ccc1N(CC)CC. The van der Waals surface area contributed by atoms with Crippen LogP contribution < -0.4 is 15.5 Å². The highest BCUT2D eigenvalue weighted by Gasteiger charge is 2.17. The van der Waals surface area contributed by atoms with Crippen LogP contribution in [0.1, 0.15) is 13.8 Å². The van der Waals surface area contributed by atoms with Gasteiger partial charge in [-0.25, -0.2) is 0 Å². The molecule has 0 aliphatic carbocycles. The number of rotatable bonds is 8. The second-order valence-corrected chi connectivity index (χ2v) is 8.37. The maximum Gasteiger partial charge on any atom is 0.247 e. The molecule has 1 amide bonds. The van der Waals surface area contributed by atoms with Crippen molar-refractivity contribution >= 4 is 45.5 Å². The van der Waals surface area contributed by atoms with Gasteiger partial charge in [0.15, 0.2) is 11.5 Å². The summed E-state index contributed by atoms with van der Waals surface area (Å²) < 4.78 is 3.82. The molecule has 0 unspecified atom stereocenters. The van der Waals surface area contributed by atoms with Crippen molar-refractivity contribution in [3.63, 3.8) is 0 Å². The second-order valence-electron chi connectivity index (χ2n) is 8.37. The molecule has 9 heteroatoms. The van der Waals surface area contributed by atoms with Crippen LogP contribution in [-0.4, -0.2) is 43.1 Å². The van der Waals surface area contributed by atoms with Crippen molar-refractivity contribution in [2.24, 2.45) is 7.05 Å². The Morgan fingerprint density at radius 1 is 1.11 bits per heavy atom. The molecular formula is C27H28N8O. The highest BCUT2D eigenvalue weighted by molar-refractivity contribution is 6.02.